The standard InChI is InChI=1S/C16H25N3O3/c1-16(2,3)22-15(21)19-8-6-7-12(11-19)14(20)13(9-17)10-18(4)5/h10,12H,6-8,11H2,1-5H3/b13-10+/t12-/m1/s1. The molecular formula is C16H25N3O3. The van der Waals surface area contributed by atoms with Gasteiger partial charge >= 0.3 is 6.09 Å². The molecule has 0 unspecified atom stereocenters. The molecule has 1 aliphatic heterocycles. The summed E-state index contributed by atoms with van der Waals surface area (Å²) in [6.45, 7) is 6.32. The molecule has 0 saturated carbocycles. The Labute approximate surface area is 132 Å². The number of hydrogen-bond acceptors (Lipinski definition) is 5. The van der Waals surface area contributed by atoms with Gasteiger partial charge in [-0.25, -0.2) is 4.79 Å². The molecule has 0 aliphatic carbocycles. The van der Waals surface area contributed by atoms with Crippen LogP contribution in [0.5, 0.6) is 0 Å². The lowest BCUT2D eigenvalue weighted by atomic mass is 9.90. The van der Waals surface area contributed by atoms with E-state index >= 15 is 0 Å². The third kappa shape index (κ3) is 5.40. The van der Waals surface area contributed by atoms with Gasteiger partial charge in [-0.05, 0) is 33.6 Å². The maximum Gasteiger partial charge on any atom is 0.410 e. The van der Waals surface area contributed by atoms with E-state index in [1.807, 2.05) is 26.8 Å². The van der Waals surface area contributed by atoms with Gasteiger partial charge < -0.3 is 14.5 Å². The van der Waals surface area contributed by atoms with Crippen LogP contribution in [-0.2, 0) is 9.53 Å². The van der Waals surface area contributed by atoms with Gasteiger partial charge in [0, 0.05) is 39.3 Å². The van der Waals surface area contributed by atoms with E-state index in [0.29, 0.717) is 19.5 Å². The molecule has 6 nitrogen and oxygen atoms in total. The Morgan fingerprint density at radius 1 is 1.36 bits per heavy atom. The van der Waals surface area contributed by atoms with Gasteiger partial charge in [0.2, 0.25) is 0 Å². The zero-order valence-corrected chi connectivity index (χ0v) is 14.0. The Morgan fingerprint density at radius 3 is 2.50 bits per heavy atom. The molecule has 1 fully saturated rings. The summed E-state index contributed by atoms with van der Waals surface area (Å²) >= 11 is 0. The highest BCUT2D eigenvalue weighted by molar-refractivity contribution is 6.00. The Morgan fingerprint density at radius 2 is 2.00 bits per heavy atom. The van der Waals surface area contributed by atoms with Gasteiger partial charge in [0.15, 0.2) is 5.78 Å². The normalized spacial score (nSPS) is 19.4. The van der Waals surface area contributed by atoms with Crippen molar-refractivity contribution in [2.75, 3.05) is 27.2 Å². The summed E-state index contributed by atoms with van der Waals surface area (Å²) in [6.07, 6.45) is 2.54. The third-order valence-corrected chi connectivity index (χ3v) is 3.22. The van der Waals surface area contributed by atoms with Crippen molar-refractivity contribution in [3.05, 3.63) is 11.8 Å². The van der Waals surface area contributed by atoms with Gasteiger partial charge in [-0.3, -0.25) is 4.79 Å². The van der Waals surface area contributed by atoms with Gasteiger partial charge in [-0.15, -0.1) is 0 Å². The summed E-state index contributed by atoms with van der Waals surface area (Å²) < 4.78 is 5.34. The van der Waals surface area contributed by atoms with Crippen molar-refractivity contribution in [3.63, 3.8) is 0 Å². The minimum Gasteiger partial charge on any atom is -0.444 e. The smallest absolute Gasteiger partial charge is 0.410 e. The highest BCUT2D eigenvalue weighted by atomic mass is 16.6. The number of allylic oxidation sites excluding steroid dienone is 1. The molecule has 1 rings (SSSR count). The zero-order chi connectivity index (χ0) is 16.9. The molecule has 0 aromatic heterocycles. The molecule has 0 spiro atoms. The van der Waals surface area contributed by atoms with Crippen LogP contribution in [0, 0.1) is 17.2 Å². The Kier molecular flexibility index (Phi) is 5.98. The minimum absolute atomic E-state index is 0.126. The van der Waals surface area contributed by atoms with E-state index in [1.165, 1.54) is 6.20 Å². The zero-order valence-electron chi connectivity index (χ0n) is 14.0. The van der Waals surface area contributed by atoms with Crippen molar-refractivity contribution in [1.29, 1.82) is 5.26 Å². The lowest BCUT2D eigenvalue weighted by Crippen LogP contribution is -2.44. The van der Waals surface area contributed by atoms with Crippen LogP contribution in [0.1, 0.15) is 33.6 Å². The molecule has 0 bridgehead atoms. The fraction of sp³-hybridized carbons (Fsp3) is 0.688. The molecule has 122 valence electrons. The lowest BCUT2D eigenvalue weighted by Gasteiger charge is -2.33. The molecule has 0 aromatic rings. The Hall–Kier alpha value is -2.03. The van der Waals surface area contributed by atoms with Gasteiger partial charge in [0.1, 0.15) is 17.2 Å². The predicted octanol–water partition coefficient (Wildman–Crippen LogP) is 2.17. The molecule has 0 radical (unpaired) electrons. The molecule has 1 saturated heterocycles. The van der Waals surface area contributed by atoms with Crippen molar-refractivity contribution in [3.8, 4) is 6.07 Å². The number of hydrogen-bond donors (Lipinski definition) is 0. The Balaban J connectivity index is 2.76. The van der Waals surface area contributed by atoms with Crippen LogP contribution in [0.15, 0.2) is 11.8 Å². The lowest BCUT2D eigenvalue weighted by molar-refractivity contribution is -0.120. The highest BCUT2D eigenvalue weighted by Gasteiger charge is 2.32. The molecule has 6 heteroatoms. The molecule has 0 N–H and O–H groups in total. The number of ketones is 1. The number of rotatable bonds is 3. The highest BCUT2D eigenvalue weighted by Crippen LogP contribution is 2.22. The fourth-order valence-corrected chi connectivity index (χ4v) is 2.31. The van der Waals surface area contributed by atoms with E-state index in [1.54, 1.807) is 23.9 Å². The number of ether oxygens (including phenoxy) is 1. The van der Waals surface area contributed by atoms with Crippen LogP contribution in [0.3, 0.4) is 0 Å². The summed E-state index contributed by atoms with van der Waals surface area (Å²) in [5.74, 6) is -0.545. The maximum atomic E-state index is 12.4. The van der Waals surface area contributed by atoms with Crippen molar-refractivity contribution >= 4 is 11.9 Å². The van der Waals surface area contributed by atoms with Crippen LogP contribution in [0.2, 0.25) is 0 Å². The van der Waals surface area contributed by atoms with Gasteiger partial charge in [-0.2, -0.15) is 5.26 Å². The first-order valence-corrected chi connectivity index (χ1v) is 7.44. The summed E-state index contributed by atoms with van der Waals surface area (Å²) in [7, 11) is 3.52. The van der Waals surface area contributed by atoms with E-state index in [-0.39, 0.29) is 17.3 Å². The number of likely N-dealkylation sites (tertiary alicyclic amines) is 1. The molecular weight excluding hydrogens is 282 g/mol. The Bertz CT molecular complexity index is 498. The van der Waals surface area contributed by atoms with Crippen molar-refractivity contribution in [1.82, 2.24) is 9.80 Å². The molecule has 0 aromatic carbocycles. The number of nitrogens with zero attached hydrogens (tertiary/aromatic N) is 3. The monoisotopic (exact) mass is 307 g/mol. The third-order valence-electron chi connectivity index (χ3n) is 3.22. The molecule has 1 heterocycles. The quantitative estimate of drug-likeness (QED) is 0.590. The average molecular weight is 307 g/mol. The fourth-order valence-electron chi connectivity index (χ4n) is 2.31. The van der Waals surface area contributed by atoms with Gasteiger partial charge in [-0.1, -0.05) is 0 Å². The second kappa shape index (κ2) is 7.30. The second-order valence-electron chi connectivity index (χ2n) is 6.75. The number of carbonyl (C=O) groups excluding carboxylic acids is 2. The number of Topliss-reactive ketones (excluding diaryl/α,β-unsaturated/α-hetero) is 1. The van der Waals surface area contributed by atoms with Gasteiger partial charge in [0.05, 0.1) is 0 Å². The molecule has 1 amide bonds. The predicted molar refractivity (Wildman–Crippen MR) is 82.9 cm³/mol. The van der Waals surface area contributed by atoms with Crippen LogP contribution >= 0.6 is 0 Å². The topological polar surface area (TPSA) is 73.6 Å². The first-order chi connectivity index (χ1) is 10.1. The maximum absolute atomic E-state index is 12.4. The number of carbonyl (C=O) groups is 2. The summed E-state index contributed by atoms with van der Waals surface area (Å²) in [5, 5.41) is 9.13. The van der Waals surface area contributed by atoms with E-state index in [0.717, 1.165) is 6.42 Å². The van der Waals surface area contributed by atoms with Crippen LogP contribution in [0.25, 0.3) is 0 Å². The second-order valence-corrected chi connectivity index (χ2v) is 6.75. The van der Waals surface area contributed by atoms with E-state index < -0.39 is 11.7 Å². The van der Waals surface area contributed by atoms with Crippen molar-refractivity contribution in [2.24, 2.45) is 5.92 Å². The molecule has 22 heavy (non-hydrogen) atoms. The number of nitriles is 1. The largest absolute Gasteiger partial charge is 0.444 e. The number of piperidine rings is 1. The van der Waals surface area contributed by atoms with E-state index in [9.17, 15) is 9.59 Å². The average Bonchev–Trinajstić information content (AvgIpc) is 2.42. The summed E-state index contributed by atoms with van der Waals surface area (Å²) in [4.78, 5) is 27.8. The first-order valence-electron chi connectivity index (χ1n) is 7.44. The molecule has 1 atom stereocenters. The molecule has 1 aliphatic rings. The summed E-state index contributed by atoms with van der Waals surface area (Å²) in [5.41, 5.74) is -0.433. The van der Waals surface area contributed by atoms with Crippen LogP contribution in [0.4, 0.5) is 4.79 Å². The van der Waals surface area contributed by atoms with Crippen molar-refractivity contribution < 1.29 is 14.3 Å². The van der Waals surface area contributed by atoms with Crippen LogP contribution < -0.4 is 0 Å². The minimum atomic E-state index is -0.559. The first kappa shape index (κ1) is 18.0. The number of amides is 1. The summed E-state index contributed by atoms with van der Waals surface area (Å²) in [6, 6.07) is 1.95. The van der Waals surface area contributed by atoms with E-state index in [2.05, 4.69) is 0 Å². The SMILES string of the molecule is CN(C)/C=C(\C#N)C(=O)[C@@H]1CCCN(C(=O)OC(C)(C)C)C1. The van der Waals surface area contributed by atoms with Crippen molar-refractivity contribution in [2.45, 2.75) is 39.2 Å². The van der Waals surface area contributed by atoms with Crippen LogP contribution in [-0.4, -0.2) is 54.5 Å². The van der Waals surface area contributed by atoms with Gasteiger partial charge in [0.25, 0.3) is 0 Å². The van der Waals surface area contributed by atoms with E-state index in [4.69, 9.17) is 10.00 Å².